The minimum atomic E-state index is -0.118. The summed E-state index contributed by atoms with van der Waals surface area (Å²) in [5.74, 6) is -0.235. The molecule has 0 amide bonds. The minimum Gasteiger partial charge on any atom is -0.289 e. The highest BCUT2D eigenvalue weighted by atomic mass is 35.5. The average Bonchev–Trinajstić information content (AvgIpc) is 2.99. The van der Waals surface area contributed by atoms with Crippen LogP contribution >= 0.6 is 23.2 Å². The van der Waals surface area contributed by atoms with E-state index in [4.69, 9.17) is 23.2 Å². The van der Waals surface area contributed by atoms with Crippen LogP contribution in [0.5, 0.6) is 0 Å². The molecule has 0 aromatic heterocycles. The fourth-order valence-electron chi connectivity index (χ4n) is 6.35. The zero-order chi connectivity index (χ0) is 30.2. The molecule has 0 saturated heterocycles. The molecule has 0 bridgehead atoms. The van der Waals surface area contributed by atoms with Gasteiger partial charge in [0.2, 0.25) is 0 Å². The second-order valence-corrected chi connectivity index (χ2v) is 13.3. The van der Waals surface area contributed by atoms with Crippen LogP contribution in [0.4, 0.5) is 0 Å². The van der Waals surface area contributed by atoms with Crippen molar-refractivity contribution in [2.24, 2.45) is 0 Å². The molecule has 42 heavy (non-hydrogen) atoms. The maximum atomic E-state index is 13.5. The van der Waals surface area contributed by atoms with Gasteiger partial charge in [-0.2, -0.15) is 0 Å². The van der Waals surface area contributed by atoms with E-state index < -0.39 is 0 Å². The largest absolute Gasteiger partial charge is 0.289 e. The number of unbranched alkanes of at least 4 members (excludes halogenated alkanes) is 18. The molecule has 0 heterocycles. The number of carbonyl (C=O) groups excluding carboxylic acids is 2. The van der Waals surface area contributed by atoms with Gasteiger partial charge in [-0.15, -0.1) is 0 Å². The maximum Gasteiger partial charge on any atom is 0.194 e. The molecule has 0 radical (unpaired) electrons. The van der Waals surface area contributed by atoms with Gasteiger partial charge in [0.1, 0.15) is 0 Å². The Morgan fingerprint density at radius 2 is 0.667 bits per heavy atom. The molecule has 0 unspecified atom stereocenters. The third-order valence-corrected chi connectivity index (χ3v) is 9.70. The molecule has 232 valence electrons. The summed E-state index contributed by atoms with van der Waals surface area (Å²) in [6.45, 7) is 4.53. The molecule has 2 aromatic rings. The molecule has 2 aromatic carbocycles. The van der Waals surface area contributed by atoms with E-state index >= 15 is 0 Å². The quantitative estimate of drug-likeness (QED) is 0.106. The summed E-state index contributed by atoms with van der Waals surface area (Å²) in [7, 11) is 0. The minimum absolute atomic E-state index is 0.118. The summed E-state index contributed by atoms with van der Waals surface area (Å²) in [6, 6.07) is 7.17. The Morgan fingerprint density at radius 1 is 0.405 bits per heavy atom. The van der Waals surface area contributed by atoms with E-state index in [-0.39, 0.29) is 11.6 Å². The number of aryl methyl sites for hydroxylation is 2. The van der Waals surface area contributed by atoms with Crippen LogP contribution in [0.25, 0.3) is 0 Å². The van der Waals surface area contributed by atoms with Crippen LogP contribution in [0.3, 0.4) is 0 Å². The number of halogens is 2. The molecule has 3 rings (SSSR count). The first kappa shape index (κ1) is 34.8. The smallest absolute Gasteiger partial charge is 0.194 e. The molecule has 2 nitrogen and oxygen atoms in total. The molecule has 0 saturated carbocycles. The first-order chi connectivity index (χ1) is 20.5. The molecule has 0 spiro atoms. The van der Waals surface area contributed by atoms with Gasteiger partial charge >= 0.3 is 0 Å². The van der Waals surface area contributed by atoms with E-state index in [1.54, 1.807) is 12.1 Å². The Kier molecular flexibility index (Phi) is 16.3. The molecule has 0 N–H and O–H groups in total. The van der Waals surface area contributed by atoms with E-state index in [9.17, 15) is 9.59 Å². The van der Waals surface area contributed by atoms with Gasteiger partial charge in [-0.3, -0.25) is 9.59 Å². The maximum absolute atomic E-state index is 13.5. The summed E-state index contributed by atoms with van der Waals surface area (Å²) in [5, 5.41) is 0.617. The molecule has 1 aliphatic rings. The number of hydrogen-bond acceptors (Lipinski definition) is 2. The summed E-state index contributed by atoms with van der Waals surface area (Å²) in [5.41, 5.74) is 4.28. The fraction of sp³-hybridized carbons (Fsp3) is 0.632. The molecule has 0 fully saturated rings. The number of ketones is 2. The van der Waals surface area contributed by atoms with E-state index in [1.807, 2.05) is 12.1 Å². The van der Waals surface area contributed by atoms with Gasteiger partial charge in [0, 0.05) is 22.3 Å². The van der Waals surface area contributed by atoms with E-state index in [1.165, 1.54) is 127 Å². The van der Waals surface area contributed by atoms with Gasteiger partial charge in [-0.1, -0.05) is 153 Å². The third kappa shape index (κ3) is 10.8. The second kappa shape index (κ2) is 19.6. The van der Waals surface area contributed by atoms with Crippen LogP contribution in [0.1, 0.15) is 185 Å². The normalized spacial score (nSPS) is 12.6. The van der Waals surface area contributed by atoms with Crippen molar-refractivity contribution < 1.29 is 9.59 Å². The lowest BCUT2D eigenvalue weighted by molar-refractivity contribution is 0.0979. The first-order valence-electron chi connectivity index (χ1n) is 17.2. The second-order valence-electron chi connectivity index (χ2n) is 12.5. The highest BCUT2D eigenvalue weighted by Crippen LogP contribution is 2.35. The number of fused-ring (bicyclic) bond motifs is 2. The van der Waals surface area contributed by atoms with Gasteiger partial charge in [-0.25, -0.2) is 0 Å². The topological polar surface area (TPSA) is 34.1 Å². The van der Waals surface area contributed by atoms with Crippen molar-refractivity contribution >= 4 is 34.8 Å². The Hall–Kier alpha value is -1.64. The highest BCUT2D eigenvalue weighted by molar-refractivity contribution is 6.43. The van der Waals surface area contributed by atoms with Crippen molar-refractivity contribution in [1.82, 2.24) is 0 Å². The summed E-state index contributed by atoms with van der Waals surface area (Å²) < 4.78 is 0. The van der Waals surface area contributed by atoms with Gasteiger partial charge in [0.15, 0.2) is 11.6 Å². The lowest BCUT2D eigenvalue weighted by Crippen LogP contribution is -2.22. The monoisotopic (exact) mass is 612 g/mol. The van der Waals surface area contributed by atoms with Crippen molar-refractivity contribution in [3.63, 3.8) is 0 Å². The lowest BCUT2D eigenvalue weighted by atomic mass is 9.81. The molecule has 1 aliphatic carbocycles. The third-order valence-electron chi connectivity index (χ3n) is 8.98. The number of hydrogen-bond donors (Lipinski definition) is 0. The first-order valence-corrected chi connectivity index (χ1v) is 18.0. The van der Waals surface area contributed by atoms with Crippen LogP contribution in [0.2, 0.25) is 10.0 Å². The SMILES string of the molecule is CCCCCCCCCCCCc1cc2c(cc1CCCCCCCCCCCC)C(=O)c1cc(Cl)c(Cl)cc1C2=O. The molecular formula is C38H54Cl2O2. The van der Waals surface area contributed by atoms with Crippen molar-refractivity contribution in [2.45, 2.75) is 155 Å². The van der Waals surface area contributed by atoms with Crippen molar-refractivity contribution in [1.29, 1.82) is 0 Å². The summed E-state index contributed by atoms with van der Waals surface area (Å²) in [4.78, 5) is 27.0. The van der Waals surface area contributed by atoms with Crippen LogP contribution in [-0.2, 0) is 12.8 Å². The Labute approximate surface area is 266 Å². The van der Waals surface area contributed by atoms with Crippen LogP contribution in [-0.4, -0.2) is 11.6 Å². The average molecular weight is 614 g/mol. The Bertz CT molecular complexity index is 1050. The van der Waals surface area contributed by atoms with Crippen molar-refractivity contribution in [2.75, 3.05) is 0 Å². The zero-order valence-corrected chi connectivity index (χ0v) is 28.0. The van der Waals surface area contributed by atoms with E-state index in [0.717, 1.165) is 25.7 Å². The number of benzene rings is 2. The van der Waals surface area contributed by atoms with Crippen molar-refractivity contribution in [3.8, 4) is 0 Å². The number of rotatable bonds is 22. The lowest BCUT2D eigenvalue weighted by Gasteiger charge is -2.21. The molecule has 0 atom stereocenters. The van der Waals surface area contributed by atoms with Crippen LogP contribution in [0.15, 0.2) is 24.3 Å². The summed E-state index contributed by atoms with van der Waals surface area (Å²) >= 11 is 12.5. The molecule has 4 heteroatoms. The Morgan fingerprint density at radius 3 is 0.976 bits per heavy atom. The Balaban J connectivity index is 1.60. The van der Waals surface area contributed by atoms with E-state index in [0.29, 0.717) is 32.3 Å². The van der Waals surface area contributed by atoms with Gasteiger partial charge in [-0.05, 0) is 61.1 Å². The van der Waals surface area contributed by atoms with Crippen LogP contribution in [0, 0.1) is 0 Å². The summed E-state index contributed by atoms with van der Waals surface area (Å²) in [6.07, 6.45) is 28.0. The van der Waals surface area contributed by atoms with Gasteiger partial charge < -0.3 is 0 Å². The standard InChI is InChI=1S/C38H54Cl2O2/c1-3-5-7-9-11-13-15-17-19-21-23-29-25-31-32(38(42)34-28-36(40)35(39)27-33(34)37(31)41)26-30(29)24-22-20-18-16-14-12-10-8-6-4-2/h25-28H,3-24H2,1-2H3. The van der Waals surface area contributed by atoms with Crippen LogP contribution < -0.4 is 0 Å². The van der Waals surface area contributed by atoms with Gasteiger partial charge in [0.25, 0.3) is 0 Å². The molecular weight excluding hydrogens is 559 g/mol. The van der Waals surface area contributed by atoms with E-state index in [2.05, 4.69) is 13.8 Å². The van der Waals surface area contributed by atoms with Gasteiger partial charge in [0.05, 0.1) is 10.0 Å². The predicted octanol–water partition coefficient (Wildman–Crippen LogP) is 12.7. The fourth-order valence-corrected chi connectivity index (χ4v) is 6.68. The predicted molar refractivity (Wildman–Crippen MR) is 181 cm³/mol. The highest BCUT2D eigenvalue weighted by Gasteiger charge is 2.31. The van der Waals surface area contributed by atoms with Crippen molar-refractivity contribution in [3.05, 3.63) is 67.7 Å². The number of carbonyl (C=O) groups is 2. The molecule has 0 aliphatic heterocycles. The zero-order valence-electron chi connectivity index (χ0n) is 26.4.